The van der Waals surface area contributed by atoms with Crippen molar-refractivity contribution in [3.63, 3.8) is 0 Å². The lowest BCUT2D eigenvalue weighted by Crippen LogP contribution is -2.46. The Kier molecular flexibility index (Phi) is 6.27. The first kappa shape index (κ1) is 27.4. The van der Waals surface area contributed by atoms with Crippen LogP contribution in [0.5, 0.6) is 5.75 Å². The van der Waals surface area contributed by atoms with Crippen LogP contribution in [0.1, 0.15) is 40.9 Å². The van der Waals surface area contributed by atoms with Crippen molar-refractivity contribution in [3.8, 4) is 5.75 Å². The van der Waals surface area contributed by atoms with Crippen LogP contribution in [0.15, 0.2) is 48.0 Å². The number of hydrogen-bond acceptors (Lipinski definition) is 3. The summed E-state index contributed by atoms with van der Waals surface area (Å²) in [4.78, 5) is 26.6. The van der Waals surface area contributed by atoms with Gasteiger partial charge < -0.3 is 14.5 Å². The second-order valence-corrected chi connectivity index (χ2v) is 9.43. The highest BCUT2D eigenvalue weighted by Crippen LogP contribution is 2.49. The van der Waals surface area contributed by atoms with E-state index in [0.717, 1.165) is 18.0 Å². The lowest BCUT2D eigenvalue weighted by Gasteiger charge is -2.41. The average Bonchev–Trinajstić information content (AvgIpc) is 3.13. The van der Waals surface area contributed by atoms with E-state index in [1.807, 2.05) is 0 Å². The van der Waals surface area contributed by atoms with Crippen LogP contribution in [-0.4, -0.2) is 53.2 Å². The fourth-order valence-corrected chi connectivity index (χ4v) is 4.48. The molecule has 2 aromatic carbocycles. The maximum absolute atomic E-state index is 14.3. The van der Waals surface area contributed by atoms with Crippen LogP contribution in [0, 0.1) is 0 Å². The summed E-state index contributed by atoms with van der Waals surface area (Å²) in [7, 11) is 0.848. The number of rotatable bonds is 4. The molecule has 4 rings (SSSR count). The maximum Gasteiger partial charge on any atom is 0.471 e. The van der Waals surface area contributed by atoms with Crippen molar-refractivity contribution in [1.82, 2.24) is 9.80 Å². The summed E-state index contributed by atoms with van der Waals surface area (Å²) in [5.41, 5.74) is -2.88. The zero-order chi connectivity index (χ0) is 28.4. The Morgan fingerprint density at radius 1 is 1.00 bits per heavy atom. The number of halogens is 8. The van der Waals surface area contributed by atoms with Gasteiger partial charge in [-0.3, -0.25) is 9.59 Å². The Balaban J connectivity index is 1.96. The monoisotopic (exact) mass is 548 g/mol. The molecule has 0 saturated heterocycles. The van der Waals surface area contributed by atoms with E-state index in [2.05, 4.69) is 0 Å². The Hall–Kier alpha value is -3.64. The van der Waals surface area contributed by atoms with E-state index >= 15 is 0 Å². The zero-order valence-electron chi connectivity index (χ0n) is 20.1. The Morgan fingerprint density at radius 3 is 2.21 bits per heavy atom. The van der Waals surface area contributed by atoms with Crippen molar-refractivity contribution >= 4 is 17.5 Å². The van der Waals surface area contributed by atoms with Crippen molar-refractivity contribution in [2.24, 2.45) is 0 Å². The van der Waals surface area contributed by atoms with Gasteiger partial charge in [0.1, 0.15) is 11.4 Å². The molecule has 5 nitrogen and oxygen atoms in total. The quantitative estimate of drug-likeness (QED) is 0.448. The molecule has 2 amide bonds. The summed E-state index contributed by atoms with van der Waals surface area (Å²) in [5, 5.41) is 0. The molecule has 0 fully saturated rings. The Bertz CT molecular complexity index is 1340. The van der Waals surface area contributed by atoms with E-state index in [4.69, 9.17) is 4.74 Å². The van der Waals surface area contributed by atoms with E-state index in [0.29, 0.717) is 22.6 Å². The van der Waals surface area contributed by atoms with Gasteiger partial charge in [0, 0.05) is 35.9 Å². The standard InChI is InChI=1S/C25H20F8N2O3/c1-22(2)17(12-34(3)21(37)24(28,29)30)19(35-11-13-6-4-5-7-15(13)20(35)36)16-10-14(8-9-18(16)38-22)23(26,27)25(31,32)33/h4-10H,11-12H2,1-3H3. The number of alkyl halides is 8. The van der Waals surface area contributed by atoms with Gasteiger partial charge >= 0.3 is 24.2 Å². The summed E-state index contributed by atoms with van der Waals surface area (Å²) >= 11 is 0. The smallest absolute Gasteiger partial charge is 0.471 e. The predicted molar refractivity (Wildman–Crippen MR) is 118 cm³/mol. The average molecular weight is 548 g/mol. The maximum atomic E-state index is 14.3. The van der Waals surface area contributed by atoms with Gasteiger partial charge in [-0.15, -0.1) is 0 Å². The SMILES string of the molecule is CN(CC1=C(N2Cc3ccccc3C2=O)c2cc(C(F)(F)C(F)(F)F)ccc2OC1(C)C)C(=O)C(F)(F)F. The predicted octanol–water partition coefficient (Wildman–Crippen LogP) is 5.90. The number of hydrogen-bond donors (Lipinski definition) is 0. The third-order valence-electron chi connectivity index (χ3n) is 6.41. The number of amides is 2. The van der Waals surface area contributed by atoms with E-state index in [1.54, 1.807) is 18.2 Å². The van der Waals surface area contributed by atoms with Gasteiger partial charge in [-0.2, -0.15) is 35.1 Å². The summed E-state index contributed by atoms with van der Waals surface area (Å²) in [6.07, 6.45) is -11.2. The number of likely N-dealkylation sites (N-methyl/N-ethyl adjacent to an activating group) is 1. The van der Waals surface area contributed by atoms with Gasteiger partial charge in [0.05, 0.1) is 12.2 Å². The van der Waals surface area contributed by atoms with E-state index in [9.17, 15) is 44.7 Å². The highest BCUT2D eigenvalue weighted by molar-refractivity contribution is 6.04. The Morgan fingerprint density at radius 2 is 1.63 bits per heavy atom. The van der Waals surface area contributed by atoms with Gasteiger partial charge in [-0.05, 0) is 43.7 Å². The minimum Gasteiger partial charge on any atom is -0.483 e. The van der Waals surface area contributed by atoms with Crippen LogP contribution in [0.3, 0.4) is 0 Å². The van der Waals surface area contributed by atoms with Gasteiger partial charge in [0.25, 0.3) is 5.91 Å². The zero-order valence-corrected chi connectivity index (χ0v) is 20.1. The molecule has 0 N–H and O–H groups in total. The second kappa shape index (κ2) is 8.70. The molecule has 2 aliphatic heterocycles. The van der Waals surface area contributed by atoms with Crippen molar-refractivity contribution in [1.29, 1.82) is 0 Å². The molecule has 2 heterocycles. The minimum absolute atomic E-state index is 0.0984. The van der Waals surface area contributed by atoms with E-state index < -0.39 is 47.8 Å². The molecule has 204 valence electrons. The number of benzene rings is 2. The first-order chi connectivity index (χ1) is 17.4. The van der Waals surface area contributed by atoms with Gasteiger partial charge in [-0.1, -0.05) is 18.2 Å². The van der Waals surface area contributed by atoms with Gasteiger partial charge in [-0.25, -0.2) is 0 Å². The van der Waals surface area contributed by atoms with E-state index in [1.165, 1.54) is 19.9 Å². The molecule has 0 saturated carbocycles. The summed E-state index contributed by atoms with van der Waals surface area (Å²) in [6.45, 7) is 1.94. The third-order valence-corrected chi connectivity index (χ3v) is 6.41. The summed E-state index contributed by atoms with van der Waals surface area (Å²) in [5.74, 6) is -8.31. The molecule has 13 heteroatoms. The largest absolute Gasteiger partial charge is 0.483 e. The van der Waals surface area contributed by atoms with Crippen molar-refractivity contribution < 1.29 is 49.4 Å². The first-order valence-corrected chi connectivity index (χ1v) is 11.1. The molecule has 0 aliphatic carbocycles. The normalized spacial score (nSPS) is 17.2. The molecule has 0 radical (unpaired) electrons. The summed E-state index contributed by atoms with van der Waals surface area (Å²) < 4.78 is 113. The molecule has 38 heavy (non-hydrogen) atoms. The number of nitrogens with zero attached hydrogens (tertiary/aromatic N) is 2. The number of ether oxygens (including phenoxy) is 1. The molecule has 2 aliphatic rings. The molecular formula is C25H20F8N2O3. The highest BCUT2D eigenvalue weighted by Gasteiger charge is 2.59. The molecule has 0 atom stereocenters. The first-order valence-electron chi connectivity index (χ1n) is 11.1. The van der Waals surface area contributed by atoms with Crippen molar-refractivity contribution in [2.75, 3.05) is 13.6 Å². The fourth-order valence-electron chi connectivity index (χ4n) is 4.48. The molecule has 0 spiro atoms. The second-order valence-electron chi connectivity index (χ2n) is 9.43. The lowest BCUT2D eigenvalue weighted by molar-refractivity contribution is -0.289. The van der Waals surface area contributed by atoms with Crippen LogP contribution in [0.25, 0.3) is 5.70 Å². The number of carbonyl (C=O) groups is 2. The van der Waals surface area contributed by atoms with Crippen molar-refractivity contribution in [3.05, 3.63) is 70.3 Å². The molecule has 0 aromatic heterocycles. The van der Waals surface area contributed by atoms with Crippen LogP contribution in [-0.2, 0) is 17.3 Å². The number of carbonyl (C=O) groups excluding carboxylic acids is 2. The van der Waals surface area contributed by atoms with Crippen LogP contribution in [0.2, 0.25) is 0 Å². The van der Waals surface area contributed by atoms with Crippen LogP contribution >= 0.6 is 0 Å². The topological polar surface area (TPSA) is 49.9 Å². The summed E-state index contributed by atoms with van der Waals surface area (Å²) in [6, 6.07) is 8.21. The van der Waals surface area contributed by atoms with E-state index in [-0.39, 0.29) is 34.7 Å². The molecule has 0 unspecified atom stereocenters. The van der Waals surface area contributed by atoms with Gasteiger partial charge in [0.15, 0.2) is 0 Å². The molecule has 2 aromatic rings. The van der Waals surface area contributed by atoms with Crippen LogP contribution < -0.4 is 4.74 Å². The van der Waals surface area contributed by atoms with Gasteiger partial charge in [0.2, 0.25) is 0 Å². The molecule has 0 bridgehead atoms. The Labute approximate surface area is 211 Å². The highest BCUT2D eigenvalue weighted by atomic mass is 19.4. The lowest BCUT2D eigenvalue weighted by atomic mass is 9.87. The van der Waals surface area contributed by atoms with Crippen molar-refractivity contribution in [2.45, 2.75) is 44.3 Å². The fraction of sp³-hybridized carbons (Fsp3) is 0.360. The number of fused-ring (bicyclic) bond motifs is 2. The minimum atomic E-state index is -5.94. The van der Waals surface area contributed by atoms with Crippen LogP contribution in [0.4, 0.5) is 35.1 Å². The molecular weight excluding hydrogens is 528 g/mol. The third kappa shape index (κ3) is 4.47.